The van der Waals surface area contributed by atoms with E-state index < -0.39 is 0 Å². The SMILES string of the molecule is COc1ccc(NC2=NCC(C)S2)cc1F. The van der Waals surface area contributed by atoms with Gasteiger partial charge in [0.25, 0.3) is 0 Å². The van der Waals surface area contributed by atoms with Gasteiger partial charge >= 0.3 is 0 Å². The summed E-state index contributed by atoms with van der Waals surface area (Å²) in [6, 6.07) is 4.78. The fraction of sp³-hybridized carbons (Fsp3) is 0.364. The molecule has 1 aromatic rings. The number of nitrogens with one attached hydrogen (secondary N) is 1. The van der Waals surface area contributed by atoms with Crippen LogP contribution in [0, 0.1) is 5.82 Å². The molecule has 1 atom stereocenters. The zero-order valence-corrected chi connectivity index (χ0v) is 9.97. The summed E-state index contributed by atoms with van der Waals surface area (Å²) in [6.45, 7) is 2.92. The number of aliphatic imine (C=N–C) groups is 1. The molecule has 3 nitrogen and oxygen atoms in total. The molecule has 5 heteroatoms. The highest BCUT2D eigenvalue weighted by molar-refractivity contribution is 8.15. The first-order valence-corrected chi connectivity index (χ1v) is 5.88. The molecular formula is C11H13FN2OS. The molecule has 0 fully saturated rings. The summed E-state index contributed by atoms with van der Waals surface area (Å²) in [5.41, 5.74) is 0.693. The van der Waals surface area contributed by atoms with Gasteiger partial charge in [0.2, 0.25) is 0 Å². The third-order valence-corrected chi connectivity index (χ3v) is 3.21. The standard InChI is InChI=1S/C11H13FN2OS/c1-7-6-13-11(16-7)14-8-3-4-10(15-2)9(12)5-8/h3-5,7H,6H2,1-2H3,(H,13,14). The normalized spacial score (nSPS) is 19.4. The highest BCUT2D eigenvalue weighted by Gasteiger charge is 2.15. The number of hydrogen-bond acceptors (Lipinski definition) is 4. The van der Waals surface area contributed by atoms with Crippen LogP contribution in [0.25, 0.3) is 0 Å². The molecule has 1 heterocycles. The maximum Gasteiger partial charge on any atom is 0.167 e. The van der Waals surface area contributed by atoms with Crippen LogP contribution in [0.1, 0.15) is 6.92 Å². The third-order valence-electron chi connectivity index (χ3n) is 2.21. The average molecular weight is 240 g/mol. The smallest absolute Gasteiger partial charge is 0.167 e. The minimum atomic E-state index is -0.371. The Hall–Kier alpha value is -1.23. The Morgan fingerprint density at radius 3 is 2.94 bits per heavy atom. The van der Waals surface area contributed by atoms with Crippen molar-refractivity contribution in [2.45, 2.75) is 12.2 Å². The van der Waals surface area contributed by atoms with Gasteiger partial charge in [-0.05, 0) is 12.1 Å². The van der Waals surface area contributed by atoms with Gasteiger partial charge in [-0.25, -0.2) is 4.39 Å². The highest BCUT2D eigenvalue weighted by Crippen LogP contribution is 2.24. The number of amidine groups is 1. The van der Waals surface area contributed by atoms with E-state index in [2.05, 4.69) is 17.2 Å². The van der Waals surface area contributed by atoms with E-state index in [1.54, 1.807) is 23.9 Å². The molecule has 0 saturated carbocycles. The van der Waals surface area contributed by atoms with Gasteiger partial charge in [-0.1, -0.05) is 18.7 Å². The summed E-state index contributed by atoms with van der Waals surface area (Å²) in [5.74, 6) is -0.121. The maximum absolute atomic E-state index is 13.4. The Bertz CT molecular complexity index is 422. The van der Waals surface area contributed by atoms with E-state index in [0.717, 1.165) is 11.7 Å². The van der Waals surface area contributed by atoms with Crippen molar-refractivity contribution in [3.63, 3.8) is 0 Å². The molecule has 1 aliphatic heterocycles. The number of thioether (sulfide) groups is 1. The van der Waals surface area contributed by atoms with E-state index in [9.17, 15) is 4.39 Å². The van der Waals surface area contributed by atoms with Gasteiger partial charge in [-0.2, -0.15) is 0 Å². The van der Waals surface area contributed by atoms with Gasteiger partial charge in [0.05, 0.1) is 13.7 Å². The lowest BCUT2D eigenvalue weighted by molar-refractivity contribution is 0.387. The molecule has 1 aliphatic rings. The van der Waals surface area contributed by atoms with Gasteiger partial charge in [0.1, 0.15) is 0 Å². The van der Waals surface area contributed by atoms with Gasteiger partial charge in [0, 0.05) is 17.0 Å². The fourth-order valence-corrected chi connectivity index (χ4v) is 2.27. The maximum atomic E-state index is 13.4. The number of nitrogens with zero attached hydrogens (tertiary/aromatic N) is 1. The summed E-state index contributed by atoms with van der Waals surface area (Å²) in [6.07, 6.45) is 0. The van der Waals surface area contributed by atoms with E-state index in [4.69, 9.17) is 4.74 Å². The monoisotopic (exact) mass is 240 g/mol. The van der Waals surface area contributed by atoms with E-state index in [0.29, 0.717) is 10.9 Å². The predicted octanol–water partition coefficient (Wildman–Crippen LogP) is 2.74. The molecule has 0 bridgehead atoms. The molecular weight excluding hydrogens is 227 g/mol. The van der Waals surface area contributed by atoms with E-state index in [1.165, 1.54) is 13.2 Å². The van der Waals surface area contributed by atoms with Gasteiger partial charge in [-0.3, -0.25) is 4.99 Å². The predicted molar refractivity (Wildman–Crippen MR) is 65.9 cm³/mol. The van der Waals surface area contributed by atoms with Crippen LogP contribution in [0.2, 0.25) is 0 Å². The van der Waals surface area contributed by atoms with Gasteiger partial charge < -0.3 is 10.1 Å². The minimum absolute atomic E-state index is 0.250. The number of hydrogen-bond donors (Lipinski definition) is 1. The lowest BCUT2D eigenvalue weighted by Crippen LogP contribution is -2.06. The summed E-state index contributed by atoms with van der Waals surface area (Å²) in [5, 5.41) is 4.42. The van der Waals surface area contributed by atoms with Crippen LogP contribution >= 0.6 is 11.8 Å². The molecule has 1 aromatic carbocycles. The summed E-state index contributed by atoms with van der Waals surface area (Å²) < 4.78 is 18.2. The topological polar surface area (TPSA) is 33.6 Å². The number of ether oxygens (including phenoxy) is 1. The fourth-order valence-electron chi connectivity index (χ4n) is 1.41. The molecule has 86 valence electrons. The molecule has 1 N–H and O–H groups in total. The highest BCUT2D eigenvalue weighted by atomic mass is 32.2. The van der Waals surface area contributed by atoms with Crippen molar-refractivity contribution in [1.82, 2.24) is 0 Å². The van der Waals surface area contributed by atoms with Crippen LogP contribution in [-0.2, 0) is 0 Å². The summed E-state index contributed by atoms with van der Waals surface area (Å²) >= 11 is 1.66. The van der Waals surface area contributed by atoms with E-state index in [-0.39, 0.29) is 11.6 Å². The van der Waals surface area contributed by atoms with Gasteiger partial charge in [-0.15, -0.1) is 0 Å². The number of anilines is 1. The van der Waals surface area contributed by atoms with Crippen molar-refractivity contribution in [3.8, 4) is 5.75 Å². The zero-order valence-electron chi connectivity index (χ0n) is 9.16. The number of benzene rings is 1. The summed E-state index contributed by atoms with van der Waals surface area (Å²) in [4.78, 5) is 4.30. The van der Waals surface area contributed by atoms with Crippen LogP contribution in [0.3, 0.4) is 0 Å². The first kappa shape index (κ1) is 11.3. The van der Waals surface area contributed by atoms with E-state index in [1.807, 2.05) is 0 Å². The Morgan fingerprint density at radius 1 is 1.56 bits per heavy atom. The Labute approximate surface area is 98.1 Å². The van der Waals surface area contributed by atoms with Crippen LogP contribution in [0.15, 0.2) is 23.2 Å². The van der Waals surface area contributed by atoms with Crippen molar-refractivity contribution in [1.29, 1.82) is 0 Å². The summed E-state index contributed by atoms with van der Waals surface area (Å²) in [7, 11) is 1.45. The molecule has 0 amide bonds. The molecule has 0 spiro atoms. The largest absolute Gasteiger partial charge is 0.494 e. The van der Waals surface area contributed by atoms with E-state index >= 15 is 0 Å². The quantitative estimate of drug-likeness (QED) is 0.863. The molecule has 0 aliphatic carbocycles. The first-order chi connectivity index (χ1) is 7.69. The Morgan fingerprint density at radius 2 is 2.38 bits per heavy atom. The third kappa shape index (κ3) is 2.47. The molecule has 0 radical (unpaired) electrons. The Kier molecular flexibility index (Phi) is 3.33. The second kappa shape index (κ2) is 4.74. The van der Waals surface area contributed by atoms with Crippen LogP contribution in [0.5, 0.6) is 5.75 Å². The molecule has 2 rings (SSSR count). The van der Waals surface area contributed by atoms with Crippen LogP contribution in [0.4, 0.5) is 10.1 Å². The number of halogens is 1. The van der Waals surface area contributed by atoms with Crippen molar-refractivity contribution in [2.75, 3.05) is 19.0 Å². The second-order valence-corrected chi connectivity index (χ2v) is 4.98. The van der Waals surface area contributed by atoms with Crippen molar-refractivity contribution >= 4 is 22.6 Å². The van der Waals surface area contributed by atoms with Gasteiger partial charge in [0.15, 0.2) is 16.7 Å². The first-order valence-electron chi connectivity index (χ1n) is 5.00. The minimum Gasteiger partial charge on any atom is -0.494 e. The molecule has 16 heavy (non-hydrogen) atoms. The number of rotatable bonds is 2. The second-order valence-electron chi connectivity index (χ2n) is 3.55. The van der Waals surface area contributed by atoms with Crippen molar-refractivity contribution in [2.24, 2.45) is 4.99 Å². The zero-order chi connectivity index (χ0) is 11.5. The van der Waals surface area contributed by atoms with Crippen molar-refractivity contribution < 1.29 is 9.13 Å². The molecule has 0 saturated heterocycles. The van der Waals surface area contributed by atoms with Crippen LogP contribution < -0.4 is 10.1 Å². The lowest BCUT2D eigenvalue weighted by Gasteiger charge is -2.07. The molecule has 0 aromatic heterocycles. The van der Waals surface area contributed by atoms with Crippen molar-refractivity contribution in [3.05, 3.63) is 24.0 Å². The molecule has 1 unspecified atom stereocenters. The van der Waals surface area contributed by atoms with Crippen LogP contribution in [-0.4, -0.2) is 24.1 Å². The Balaban J connectivity index is 2.08. The average Bonchev–Trinajstić information content (AvgIpc) is 2.64. The number of methoxy groups -OCH3 is 1. The lowest BCUT2D eigenvalue weighted by atomic mass is 10.3.